The Morgan fingerprint density at radius 3 is 2.86 bits per heavy atom. The van der Waals surface area contributed by atoms with Crippen molar-refractivity contribution in [1.82, 2.24) is 4.98 Å². The number of nitrogens with one attached hydrogen (secondary N) is 1. The van der Waals surface area contributed by atoms with E-state index in [1.165, 1.54) is 12.1 Å². The molecule has 0 atom stereocenters. The summed E-state index contributed by atoms with van der Waals surface area (Å²) < 4.78 is 6.36. The number of rotatable bonds is 3. The summed E-state index contributed by atoms with van der Waals surface area (Å²) in [4.78, 5) is 15.2. The number of carbonyl (C=O) groups is 1. The van der Waals surface area contributed by atoms with E-state index in [9.17, 15) is 4.79 Å². The lowest BCUT2D eigenvalue weighted by Gasteiger charge is -2.04. The van der Waals surface area contributed by atoms with E-state index in [2.05, 4.69) is 26.2 Å². The number of benzene rings is 2. The molecule has 0 aliphatic carbocycles. The van der Waals surface area contributed by atoms with Crippen LogP contribution in [0.4, 0.5) is 11.7 Å². The van der Waals surface area contributed by atoms with E-state index in [0.717, 1.165) is 4.47 Å². The van der Waals surface area contributed by atoms with Gasteiger partial charge in [0.15, 0.2) is 5.58 Å². The molecule has 0 bridgehead atoms. The van der Waals surface area contributed by atoms with Gasteiger partial charge in [-0.25, -0.2) is 4.79 Å². The molecule has 7 heteroatoms. The molecule has 0 radical (unpaired) electrons. The highest BCUT2D eigenvalue weighted by Crippen LogP contribution is 2.29. The van der Waals surface area contributed by atoms with Crippen LogP contribution >= 0.6 is 27.5 Å². The minimum Gasteiger partial charge on any atom is -0.478 e. The van der Waals surface area contributed by atoms with Crippen LogP contribution in [-0.4, -0.2) is 16.1 Å². The summed E-state index contributed by atoms with van der Waals surface area (Å²) in [7, 11) is 0. The van der Waals surface area contributed by atoms with Crippen LogP contribution in [0, 0.1) is 0 Å². The standard InChI is InChI=1S/C14H8BrClN2O3/c15-8-2-3-9(16)11(6-8)18-14-17-10-4-1-7(13(19)20)5-12(10)21-14/h1-6H,(H,17,18)(H,19,20). The van der Waals surface area contributed by atoms with E-state index in [1.54, 1.807) is 18.2 Å². The van der Waals surface area contributed by atoms with E-state index >= 15 is 0 Å². The van der Waals surface area contributed by atoms with Gasteiger partial charge in [0, 0.05) is 4.47 Å². The Bertz CT molecular complexity index is 847. The molecular formula is C14H8BrClN2O3. The minimum atomic E-state index is -1.02. The monoisotopic (exact) mass is 366 g/mol. The molecule has 0 aliphatic heterocycles. The first kappa shape index (κ1) is 13.9. The van der Waals surface area contributed by atoms with Crippen LogP contribution in [0.2, 0.25) is 5.02 Å². The van der Waals surface area contributed by atoms with E-state index in [4.69, 9.17) is 21.1 Å². The smallest absolute Gasteiger partial charge is 0.335 e. The number of fused-ring (bicyclic) bond motifs is 1. The highest BCUT2D eigenvalue weighted by Gasteiger charge is 2.11. The molecule has 3 aromatic rings. The summed E-state index contributed by atoms with van der Waals surface area (Å²) in [6.07, 6.45) is 0. The molecule has 3 rings (SSSR count). The fourth-order valence-corrected chi connectivity index (χ4v) is 2.35. The van der Waals surface area contributed by atoms with Gasteiger partial charge in [-0.05, 0) is 36.4 Å². The van der Waals surface area contributed by atoms with Crippen molar-refractivity contribution in [2.45, 2.75) is 0 Å². The molecule has 2 N–H and O–H groups in total. The van der Waals surface area contributed by atoms with Gasteiger partial charge in [0.25, 0.3) is 6.01 Å². The lowest BCUT2D eigenvalue weighted by molar-refractivity contribution is 0.0697. The number of anilines is 2. The van der Waals surface area contributed by atoms with Crippen molar-refractivity contribution in [2.24, 2.45) is 0 Å². The topological polar surface area (TPSA) is 75.4 Å². The SMILES string of the molecule is O=C(O)c1ccc2nc(Nc3cc(Br)ccc3Cl)oc2c1. The molecule has 106 valence electrons. The summed E-state index contributed by atoms with van der Waals surface area (Å²) in [5, 5.41) is 12.4. The second-order valence-corrected chi connectivity index (χ2v) is 5.58. The van der Waals surface area contributed by atoms with E-state index in [1.807, 2.05) is 6.07 Å². The van der Waals surface area contributed by atoms with Gasteiger partial charge >= 0.3 is 5.97 Å². The predicted molar refractivity (Wildman–Crippen MR) is 83.4 cm³/mol. The molecule has 0 fully saturated rings. The van der Waals surface area contributed by atoms with Gasteiger partial charge < -0.3 is 14.8 Å². The van der Waals surface area contributed by atoms with Crippen molar-refractivity contribution in [3.05, 3.63) is 51.5 Å². The van der Waals surface area contributed by atoms with Crippen LogP contribution in [-0.2, 0) is 0 Å². The zero-order valence-corrected chi connectivity index (χ0v) is 12.8. The van der Waals surface area contributed by atoms with Crippen LogP contribution in [0.5, 0.6) is 0 Å². The van der Waals surface area contributed by atoms with E-state index in [-0.39, 0.29) is 11.6 Å². The van der Waals surface area contributed by atoms with Gasteiger partial charge in [-0.3, -0.25) is 0 Å². The summed E-state index contributed by atoms with van der Waals surface area (Å²) >= 11 is 9.44. The van der Waals surface area contributed by atoms with Gasteiger partial charge in [0.1, 0.15) is 5.52 Å². The van der Waals surface area contributed by atoms with Gasteiger partial charge in [-0.1, -0.05) is 27.5 Å². The van der Waals surface area contributed by atoms with Crippen LogP contribution < -0.4 is 5.32 Å². The molecule has 0 spiro atoms. The van der Waals surface area contributed by atoms with Crippen molar-refractivity contribution in [2.75, 3.05) is 5.32 Å². The Morgan fingerprint density at radius 2 is 2.10 bits per heavy atom. The number of aromatic nitrogens is 1. The van der Waals surface area contributed by atoms with Gasteiger partial charge in [0.2, 0.25) is 0 Å². The second-order valence-electron chi connectivity index (χ2n) is 4.26. The molecule has 21 heavy (non-hydrogen) atoms. The second kappa shape index (κ2) is 5.38. The maximum atomic E-state index is 10.9. The lowest BCUT2D eigenvalue weighted by atomic mass is 10.2. The Kier molecular flexibility index (Phi) is 3.57. The number of carboxylic acid groups (broad SMARTS) is 1. The van der Waals surface area contributed by atoms with Crippen LogP contribution in [0.25, 0.3) is 11.1 Å². The van der Waals surface area contributed by atoms with Crippen molar-refractivity contribution in [1.29, 1.82) is 0 Å². The van der Waals surface area contributed by atoms with E-state index in [0.29, 0.717) is 21.8 Å². The summed E-state index contributed by atoms with van der Waals surface area (Å²) in [5.74, 6) is -1.02. The van der Waals surface area contributed by atoms with Crippen molar-refractivity contribution in [3.63, 3.8) is 0 Å². The summed E-state index contributed by atoms with van der Waals surface area (Å²) in [6, 6.07) is 10.1. The molecule has 0 unspecified atom stereocenters. The van der Waals surface area contributed by atoms with Crippen LogP contribution in [0.1, 0.15) is 10.4 Å². The molecular weight excluding hydrogens is 360 g/mol. The molecule has 0 amide bonds. The number of halogens is 2. The van der Waals surface area contributed by atoms with Crippen molar-refractivity contribution in [3.8, 4) is 0 Å². The molecule has 0 saturated carbocycles. The Balaban J connectivity index is 1.97. The quantitative estimate of drug-likeness (QED) is 0.702. The third-order valence-corrected chi connectivity index (χ3v) is 3.63. The fourth-order valence-electron chi connectivity index (χ4n) is 1.82. The van der Waals surface area contributed by atoms with Crippen molar-refractivity contribution >= 4 is 56.3 Å². The lowest BCUT2D eigenvalue weighted by Crippen LogP contribution is -1.94. The average molecular weight is 368 g/mol. The van der Waals surface area contributed by atoms with Gasteiger partial charge in [-0.2, -0.15) is 4.98 Å². The first-order valence-electron chi connectivity index (χ1n) is 5.89. The van der Waals surface area contributed by atoms with Gasteiger partial charge in [0.05, 0.1) is 16.3 Å². The maximum Gasteiger partial charge on any atom is 0.335 e. The number of nitrogens with zero attached hydrogens (tertiary/aromatic N) is 1. The Labute approximate surface area is 132 Å². The minimum absolute atomic E-state index is 0.144. The first-order chi connectivity index (χ1) is 10.0. The zero-order valence-electron chi connectivity index (χ0n) is 10.4. The predicted octanol–water partition coefficient (Wildman–Crippen LogP) is 4.69. The first-order valence-corrected chi connectivity index (χ1v) is 7.06. The Hall–Kier alpha value is -2.05. The largest absolute Gasteiger partial charge is 0.478 e. The number of oxazole rings is 1. The highest BCUT2D eigenvalue weighted by molar-refractivity contribution is 9.10. The van der Waals surface area contributed by atoms with Crippen molar-refractivity contribution < 1.29 is 14.3 Å². The molecule has 1 aromatic heterocycles. The number of hydrogen-bond acceptors (Lipinski definition) is 4. The summed E-state index contributed by atoms with van der Waals surface area (Å²) in [6.45, 7) is 0. The molecule has 1 heterocycles. The average Bonchev–Trinajstić information content (AvgIpc) is 2.84. The van der Waals surface area contributed by atoms with Gasteiger partial charge in [-0.15, -0.1) is 0 Å². The van der Waals surface area contributed by atoms with Crippen LogP contribution in [0.15, 0.2) is 45.3 Å². The molecule has 0 aliphatic rings. The highest BCUT2D eigenvalue weighted by atomic mass is 79.9. The third kappa shape index (κ3) is 2.86. The maximum absolute atomic E-state index is 10.9. The molecule has 2 aromatic carbocycles. The number of aromatic carboxylic acids is 1. The molecule has 5 nitrogen and oxygen atoms in total. The van der Waals surface area contributed by atoms with Crippen LogP contribution in [0.3, 0.4) is 0 Å². The third-order valence-electron chi connectivity index (χ3n) is 2.81. The molecule has 0 saturated heterocycles. The Morgan fingerprint density at radius 1 is 1.29 bits per heavy atom. The number of carboxylic acids is 1. The summed E-state index contributed by atoms with van der Waals surface area (Å²) in [5.41, 5.74) is 1.74. The normalized spacial score (nSPS) is 10.8. The zero-order chi connectivity index (χ0) is 15.0. The fraction of sp³-hybridized carbons (Fsp3) is 0. The van der Waals surface area contributed by atoms with E-state index < -0.39 is 5.97 Å². The number of hydrogen-bond donors (Lipinski definition) is 2.